The van der Waals surface area contributed by atoms with E-state index in [1.165, 1.54) is 6.07 Å². The van der Waals surface area contributed by atoms with Gasteiger partial charge in [0.25, 0.3) is 0 Å². The summed E-state index contributed by atoms with van der Waals surface area (Å²) in [4.78, 5) is 11.0. The highest BCUT2D eigenvalue weighted by atomic mass is 16.4. The molecule has 0 unspecified atom stereocenters. The first-order valence-electron chi connectivity index (χ1n) is 4.55. The Morgan fingerprint density at radius 2 is 1.93 bits per heavy atom. The van der Waals surface area contributed by atoms with Gasteiger partial charge in [-0.05, 0) is 23.8 Å². The van der Waals surface area contributed by atoms with Crippen LogP contribution in [0.2, 0.25) is 0 Å². The third-order valence-corrected chi connectivity index (χ3v) is 2.37. The molecule has 3 heteroatoms. The lowest BCUT2D eigenvalue weighted by Crippen LogP contribution is -1.98. The third kappa shape index (κ3) is 1.52. The molecule has 0 aliphatic heterocycles. The van der Waals surface area contributed by atoms with E-state index in [1.807, 2.05) is 19.1 Å². The van der Waals surface area contributed by atoms with Crippen molar-refractivity contribution in [2.75, 3.05) is 0 Å². The van der Waals surface area contributed by atoms with E-state index in [9.17, 15) is 9.90 Å². The molecule has 0 amide bonds. The number of benzene rings is 2. The number of phenols is 1. The molecule has 2 N–H and O–H groups in total. The maximum Gasteiger partial charge on any atom is 0.340 e. The average Bonchev–Trinajstić information content (AvgIpc) is 2.17. The van der Waals surface area contributed by atoms with Gasteiger partial charge in [0.15, 0.2) is 0 Å². The van der Waals surface area contributed by atoms with Gasteiger partial charge < -0.3 is 10.2 Å². The molecule has 0 radical (unpaired) electrons. The Balaban J connectivity index is 2.88. The number of hydrogen-bond acceptors (Lipinski definition) is 2. The van der Waals surface area contributed by atoms with Crippen molar-refractivity contribution in [3.8, 4) is 5.75 Å². The Bertz CT molecular complexity index is 544. The first kappa shape index (κ1) is 9.52. The van der Waals surface area contributed by atoms with Crippen molar-refractivity contribution in [3.63, 3.8) is 0 Å². The lowest BCUT2D eigenvalue weighted by molar-refractivity contribution is 0.0696. The summed E-state index contributed by atoms with van der Waals surface area (Å²) in [6, 6.07) is 8.55. The Morgan fingerprint density at radius 3 is 2.60 bits per heavy atom. The van der Waals surface area contributed by atoms with Crippen molar-refractivity contribution in [1.29, 1.82) is 0 Å². The van der Waals surface area contributed by atoms with E-state index in [0.717, 1.165) is 10.9 Å². The Labute approximate surface area is 86.6 Å². The van der Waals surface area contributed by atoms with Crippen LogP contribution < -0.4 is 0 Å². The fourth-order valence-corrected chi connectivity index (χ4v) is 1.66. The molecule has 0 atom stereocenters. The van der Waals surface area contributed by atoms with Crippen LogP contribution in [0.3, 0.4) is 0 Å². The van der Waals surface area contributed by atoms with Crippen LogP contribution >= 0.6 is 0 Å². The number of rotatable bonds is 1. The van der Waals surface area contributed by atoms with Gasteiger partial charge in [-0.2, -0.15) is 0 Å². The van der Waals surface area contributed by atoms with Crippen LogP contribution in [0.4, 0.5) is 0 Å². The Hall–Kier alpha value is -2.03. The normalized spacial score (nSPS) is 10.5. The number of aryl methyl sites for hydroxylation is 1. The second-order valence-electron chi connectivity index (χ2n) is 3.49. The van der Waals surface area contributed by atoms with Gasteiger partial charge in [0, 0.05) is 0 Å². The van der Waals surface area contributed by atoms with E-state index in [2.05, 4.69) is 0 Å². The summed E-state index contributed by atoms with van der Waals surface area (Å²) >= 11 is 0. The number of carboxylic acid groups (broad SMARTS) is 1. The van der Waals surface area contributed by atoms with Gasteiger partial charge in [-0.25, -0.2) is 4.79 Å². The number of hydrogen-bond donors (Lipinski definition) is 2. The fraction of sp³-hybridized carbons (Fsp3) is 0.0833. The van der Waals surface area contributed by atoms with Crippen molar-refractivity contribution >= 4 is 16.7 Å². The zero-order valence-electron chi connectivity index (χ0n) is 8.19. The molecule has 0 bridgehead atoms. The van der Waals surface area contributed by atoms with Crippen LogP contribution in [-0.4, -0.2) is 16.2 Å². The average molecular weight is 202 g/mol. The lowest BCUT2D eigenvalue weighted by atomic mass is 10.0. The topological polar surface area (TPSA) is 57.5 Å². The van der Waals surface area contributed by atoms with Gasteiger partial charge in [-0.3, -0.25) is 0 Å². The molecule has 0 spiro atoms. The molecule has 0 saturated carbocycles. The summed E-state index contributed by atoms with van der Waals surface area (Å²) in [5, 5.41) is 19.8. The molecular formula is C12H10O3. The monoisotopic (exact) mass is 202 g/mol. The Kier molecular flexibility index (Phi) is 2.08. The standard InChI is InChI=1S/C12H10O3/c1-7-2-4-9-8(6-7)3-5-10(13)11(9)12(14)15/h2-6,13H,1H3,(H,14,15). The molecule has 0 aliphatic carbocycles. The number of carbonyl (C=O) groups is 1. The number of fused-ring (bicyclic) bond motifs is 1. The van der Waals surface area contributed by atoms with E-state index in [1.54, 1.807) is 12.1 Å². The zero-order chi connectivity index (χ0) is 11.0. The minimum Gasteiger partial charge on any atom is -0.507 e. The van der Waals surface area contributed by atoms with Gasteiger partial charge in [-0.15, -0.1) is 0 Å². The fourth-order valence-electron chi connectivity index (χ4n) is 1.66. The van der Waals surface area contributed by atoms with Gasteiger partial charge in [-0.1, -0.05) is 29.8 Å². The quantitative estimate of drug-likeness (QED) is 0.747. The highest BCUT2D eigenvalue weighted by Crippen LogP contribution is 2.27. The first-order chi connectivity index (χ1) is 7.09. The minimum absolute atomic E-state index is 0.0347. The van der Waals surface area contributed by atoms with Crippen molar-refractivity contribution in [2.45, 2.75) is 6.92 Å². The summed E-state index contributed by atoms with van der Waals surface area (Å²) in [5.41, 5.74) is 1.03. The van der Waals surface area contributed by atoms with E-state index in [-0.39, 0.29) is 11.3 Å². The molecule has 15 heavy (non-hydrogen) atoms. The van der Waals surface area contributed by atoms with Gasteiger partial charge in [0.2, 0.25) is 0 Å². The summed E-state index contributed by atoms with van der Waals surface area (Å²) < 4.78 is 0. The molecule has 0 heterocycles. The molecule has 3 nitrogen and oxygen atoms in total. The molecule has 0 saturated heterocycles. The van der Waals surface area contributed by atoms with Crippen LogP contribution in [0, 0.1) is 6.92 Å². The number of aromatic carboxylic acids is 1. The van der Waals surface area contributed by atoms with Gasteiger partial charge in [0.05, 0.1) is 0 Å². The van der Waals surface area contributed by atoms with E-state index >= 15 is 0 Å². The third-order valence-electron chi connectivity index (χ3n) is 2.37. The van der Waals surface area contributed by atoms with E-state index in [0.29, 0.717) is 5.39 Å². The van der Waals surface area contributed by atoms with E-state index < -0.39 is 5.97 Å². The van der Waals surface area contributed by atoms with Crippen molar-refractivity contribution < 1.29 is 15.0 Å². The van der Waals surface area contributed by atoms with Gasteiger partial charge in [0.1, 0.15) is 11.3 Å². The summed E-state index contributed by atoms with van der Waals surface area (Å²) in [7, 11) is 0. The summed E-state index contributed by atoms with van der Waals surface area (Å²) in [5.74, 6) is -1.30. The van der Waals surface area contributed by atoms with Gasteiger partial charge >= 0.3 is 5.97 Å². The van der Waals surface area contributed by atoms with Crippen molar-refractivity contribution in [3.05, 3.63) is 41.5 Å². The molecule has 0 aliphatic rings. The molecule has 76 valence electrons. The number of carboxylic acids is 1. The molecule has 2 aromatic rings. The van der Waals surface area contributed by atoms with Crippen molar-refractivity contribution in [2.24, 2.45) is 0 Å². The van der Waals surface area contributed by atoms with Crippen molar-refractivity contribution in [1.82, 2.24) is 0 Å². The maximum absolute atomic E-state index is 11.0. The first-order valence-corrected chi connectivity index (χ1v) is 4.55. The van der Waals surface area contributed by atoms with Crippen LogP contribution in [0.5, 0.6) is 5.75 Å². The maximum atomic E-state index is 11.0. The molecule has 0 aromatic heterocycles. The Morgan fingerprint density at radius 1 is 1.20 bits per heavy atom. The highest BCUT2D eigenvalue weighted by molar-refractivity contribution is 6.06. The molecular weight excluding hydrogens is 192 g/mol. The predicted molar refractivity (Wildman–Crippen MR) is 57.3 cm³/mol. The summed E-state index contributed by atoms with van der Waals surface area (Å²) in [6.07, 6.45) is 0. The molecule has 2 aromatic carbocycles. The second kappa shape index (κ2) is 3.28. The van der Waals surface area contributed by atoms with E-state index in [4.69, 9.17) is 5.11 Å². The summed E-state index contributed by atoms with van der Waals surface area (Å²) in [6.45, 7) is 1.94. The highest BCUT2D eigenvalue weighted by Gasteiger charge is 2.13. The van der Waals surface area contributed by atoms with Crippen LogP contribution in [0.15, 0.2) is 30.3 Å². The van der Waals surface area contributed by atoms with Crippen LogP contribution in [0.1, 0.15) is 15.9 Å². The predicted octanol–water partition coefficient (Wildman–Crippen LogP) is 2.55. The molecule has 2 rings (SSSR count). The largest absolute Gasteiger partial charge is 0.507 e. The second-order valence-corrected chi connectivity index (χ2v) is 3.49. The van der Waals surface area contributed by atoms with Crippen LogP contribution in [0.25, 0.3) is 10.8 Å². The number of aromatic hydroxyl groups is 1. The smallest absolute Gasteiger partial charge is 0.340 e. The molecule has 0 fully saturated rings. The SMILES string of the molecule is Cc1ccc2c(C(=O)O)c(O)ccc2c1. The van der Waals surface area contributed by atoms with Crippen LogP contribution in [-0.2, 0) is 0 Å². The zero-order valence-corrected chi connectivity index (χ0v) is 8.19. The minimum atomic E-state index is -1.11. The lowest BCUT2D eigenvalue weighted by Gasteiger charge is -2.05.